The number of rotatable bonds is 7. The van der Waals surface area contributed by atoms with Gasteiger partial charge < -0.3 is 4.74 Å². The van der Waals surface area contributed by atoms with Crippen LogP contribution in [0.1, 0.15) is 17.0 Å². The highest BCUT2D eigenvalue weighted by atomic mass is 16.5. The number of benzene rings is 1. The molecule has 3 rings (SSSR count). The van der Waals surface area contributed by atoms with Crippen LogP contribution in [0.5, 0.6) is 0 Å². The van der Waals surface area contributed by atoms with Crippen molar-refractivity contribution in [1.29, 1.82) is 0 Å². The summed E-state index contributed by atoms with van der Waals surface area (Å²) >= 11 is 0. The Morgan fingerprint density at radius 3 is 2.52 bits per heavy atom. The average molecular weight is 337 g/mol. The molecule has 0 aliphatic heterocycles. The fourth-order valence-corrected chi connectivity index (χ4v) is 2.60. The first-order chi connectivity index (χ1) is 12.1. The zero-order valence-corrected chi connectivity index (χ0v) is 14.4. The molecule has 1 radical (unpaired) electrons. The zero-order chi connectivity index (χ0) is 17.6. The van der Waals surface area contributed by atoms with E-state index in [0.29, 0.717) is 18.8 Å². The lowest BCUT2D eigenvalue weighted by atomic mass is 9.97. The normalized spacial score (nSPS) is 11.0. The summed E-state index contributed by atoms with van der Waals surface area (Å²) in [5, 5.41) is 8.53. The molecule has 0 bridgehead atoms. The first-order valence-electron chi connectivity index (χ1n) is 8.13. The van der Waals surface area contributed by atoms with Crippen molar-refractivity contribution in [3.63, 3.8) is 0 Å². The van der Waals surface area contributed by atoms with Gasteiger partial charge in [-0.1, -0.05) is 30.3 Å². The Bertz CT molecular complexity index is 823. The molecule has 0 aliphatic carbocycles. The molecule has 6 heteroatoms. The highest BCUT2D eigenvalue weighted by Gasteiger charge is 2.24. The number of hydrogen-bond donors (Lipinski definition) is 0. The van der Waals surface area contributed by atoms with Crippen LogP contribution in [0, 0.1) is 5.92 Å². The standard InChI is InChI=1S/C19H21N4O2/c1-22-11-9-17(21-22)12-16(13-18-8-10-20-23(18)2)19(24)25-14-15-6-4-3-5-7-15/h3-11H,12-14H2,1-2H3. The second-order valence-corrected chi connectivity index (χ2v) is 5.95. The number of hydrogen-bond acceptors (Lipinski definition) is 4. The Hall–Kier alpha value is -2.89. The van der Waals surface area contributed by atoms with Gasteiger partial charge in [0.05, 0.1) is 11.6 Å². The Morgan fingerprint density at radius 1 is 1.08 bits per heavy atom. The SMILES string of the molecule is Cn1ccc(C[C](Cc2ccnn2C)C(=O)OCc2ccccc2)n1. The lowest BCUT2D eigenvalue weighted by molar-refractivity contribution is -0.143. The predicted octanol–water partition coefficient (Wildman–Crippen LogP) is 2.26. The highest BCUT2D eigenvalue weighted by molar-refractivity contribution is 5.85. The molecule has 2 heterocycles. The molecular weight excluding hydrogens is 316 g/mol. The van der Waals surface area contributed by atoms with Crippen LogP contribution >= 0.6 is 0 Å². The van der Waals surface area contributed by atoms with Gasteiger partial charge in [-0.15, -0.1) is 0 Å². The third-order valence-electron chi connectivity index (χ3n) is 3.98. The van der Waals surface area contributed by atoms with Crippen molar-refractivity contribution in [3.05, 3.63) is 77.7 Å². The van der Waals surface area contributed by atoms with Gasteiger partial charge in [0, 0.05) is 45.0 Å². The van der Waals surface area contributed by atoms with Gasteiger partial charge in [-0.25, -0.2) is 0 Å². The maximum Gasteiger partial charge on any atom is 0.314 e. The first-order valence-corrected chi connectivity index (χ1v) is 8.13. The quantitative estimate of drug-likeness (QED) is 0.621. The van der Waals surface area contributed by atoms with E-state index in [-0.39, 0.29) is 12.6 Å². The van der Waals surface area contributed by atoms with E-state index in [1.165, 1.54) is 0 Å². The molecule has 0 saturated carbocycles. The number of carbonyl (C=O) groups is 1. The Balaban J connectivity index is 1.70. The van der Waals surface area contributed by atoms with Gasteiger partial charge in [0.25, 0.3) is 0 Å². The predicted molar refractivity (Wildman–Crippen MR) is 93.3 cm³/mol. The van der Waals surface area contributed by atoms with Crippen molar-refractivity contribution in [1.82, 2.24) is 19.6 Å². The molecule has 0 aliphatic rings. The Kier molecular flexibility index (Phi) is 5.28. The van der Waals surface area contributed by atoms with Crippen LogP contribution < -0.4 is 0 Å². The summed E-state index contributed by atoms with van der Waals surface area (Å²) in [6.45, 7) is 0.261. The molecule has 1 aromatic carbocycles. The van der Waals surface area contributed by atoms with E-state index in [1.54, 1.807) is 15.6 Å². The van der Waals surface area contributed by atoms with Crippen molar-refractivity contribution in [2.45, 2.75) is 19.4 Å². The van der Waals surface area contributed by atoms with Crippen LogP contribution in [0.15, 0.2) is 54.9 Å². The van der Waals surface area contributed by atoms with Crippen molar-refractivity contribution in [2.24, 2.45) is 14.1 Å². The van der Waals surface area contributed by atoms with E-state index in [1.807, 2.05) is 62.8 Å². The summed E-state index contributed by atoms with van der Waals surface area (Å²) in [5.41, 5.74) is 2.77. The van der Waals surface area contributed by atoms with E-state index >= 15 is 0 Å². The van der Waals surface area contributed by atoms with Crippen molar-refractivity contribution in [2.75, 3.05) is 0 Å². The monoisotopic (exact) mass is 337 g/mol. The van der Waals surface area contributed by atoms with E-state index in [4.69, 9.17) is 4.74 Å². The summed E-state index contributed by atoms with van der Waals surface area (Å²) in [7, 11) is 3.72. The maximum absolute atomic E-state index is 12.6. The highest BCUT2D eigenvalue weighted by Crippen LogP contribution is 2.18. The minimum atomic E-state index is -0.296. The molecule has 0 unspecified atom stereocenters. The summed E-state index contributed by atoms with van der Waals surface area (Å²) < 4.78 is 9.01. The number of carbonyl (C=O) groups excluding carboxylic acids is 1. The van der Waals surface area contributed by atoms with E-state index in [0.717, 1.165) is 17.0 Å². The van der Waals surface area contributed by atoms with Crippen LogP contribution in [0.2, 0.25) is 0 Å². The van der Waals surface area contributed by atoms with Crippen molar-refractivity contribution in [3.8, 4) is 0 Å². The fraction of sp³-hybridized carbons (Fsp3) is 0.263. The summed E-state index contributed by atoms with van der Waals surface area (Å²) in [6.07, 6.45) is 4.54. The van der Waals surface area contributed by atoms with E-state index < -0.39 is 0 Å². The summed E-state index contributed by atoms with van der Waals surface area (Å²) in [6, 6.07) is 13.5. The third kappa shape index (κ3) is 4.56. The molecule has 25 heavy (non-hydrogen) atoms. The van der Waals surface area contributed by atoms with E-state index in [2.05, 4.69) is 10.2 Å². The second kappa shape index (κ2) is 7.79. The van der Waals surface area contributed by atoms with E-state index in [9.17, 15) is 4.79 Å². The van der Waals surface area contributed by atoms with Crippen LogP contribution in [-0.4, -0.2) is 25.5 Å². The van der Waals surface area contributed by atoms with Gasteiger partial charge in [-0.2, -0.15) is 10.2 Å². The van der Waals surface area contributed by atoms with Gasteiger partial charge in [-0.05, 0) is 17.7 Å². The summed E-state index contributed by atoms with van der Waals surface area (Å²) in [4.78, 5) is 12.6. The molecule has 2 aromatic heterocycles. The molecular formula is C19H21N4O2. The third-order valence-corrected chi connectivity index (χ3v) is 3.98. The smallest absolute Gasteiger partial charge is 0.314 e. The Labute approximate surface area is 147 Å². The molecule has 3 aromatic rings. The average Bonchev–Trinajstić information content (AvgIpc) is 3.21. The minimum Gasteiger partial charge on any atom is -0.460 e. The number of ether oxygens (including phenoxy) is 1. The molecule has 129 valence electrons. The van der Waals surface area contributed by atoms with Crippen molar-refractivity contribution >= 4 is 5.97 Å². The molecule has 6 nitrogen and oxygen atoms in total. The van der Waals surface area contributed by atoms with Crippen LogP contribution in [0.4, 0.5) is 0 Å². The number of esters is 1. The van der Waals surface area contributed by atoms with Gasteiger partial charge in [0.2, 0.25) is 0 Å². The molecule has 0 atom stereocenters. The topological polar surface area (TPSA) is 61.9 Å². The molecule has 0 amide bonds. The fourth-order valence-electron chi connectivity index (χ4n) is 2.60. The Morgan fingerprint density at radius 2 is 1.88 bits per heavy atom. The second-order valence-electron chi connectivity index (χ2n) is 5.95. The largest absolute Gasteiger partial charge is 0.460 e. The number of nitrogens with zero attached hydrogens (tertiary/aromatic N) is 4. The molecule has 0 spiro atoms. The van der Waals surface area contributed by atoms with Crippen molar-refractivity contribution < 1.29 is 9.53 Å². The molecule has 0 N–H and O–H groups in total. The number of aromatic nitrogens is 4. The van der Waals surface area contributed by atoms with Gasteiger partial charge in [0.1, 0.15) is 6.61 Å². The lowest BCUT2D eigenvalue weighted by Crippen LogP contribution is -2.21. The maximum atomic E-state index is 12.6. The minimum absolute atomic E-state index is 0.261. The van der Waals surface area contributed by atoms with Gasteiger partial charge >= 0.3 is 5.97 Å². The first kappa shape index (κ1) is 17.0. The van der Waals surface area contributed by atoms with Crippen LogP contribution in [0.25, 0.3) is 0 Å². The number of aryl methyl sites for hydroxylation is 2. The van der Waals surface area contributed by atoms with Crippen LogP contribution in [0.3, 0.4) is 0 Å². The van der Waals surface area contributed by atoms with Gasteiger partial charge in [-0.3, -0.25) is 14.2 Å². The van der Waals surface area contributed by atoms with Crippen LogP contribution in [-0.2, 0) is 43.1 Å². The molecule has 0 saturated heterocycles. The lowest BCUT2D eigenvalue weighted by Gasteiger charge is -2.15. The van der Waals surface area contributed by atoms with Gasteiger partial charge in [0.15, 0.2) is 0 Å². The molecule has 0 fully saturated rings. The zero-order valence-electron chi connectivity index (χ0n) is 14.4. The summed E-state index contributed by atoms with van der Waals surface area (Å²) in [5.74, 6) is 0.369.